The molecule has 1 fully saturated rings. The first-order valence-electron chi connectivity index (χ1n) is 12.9. The third-order valence-electron chi connectivity index (χ3n) is 6.78. The number of anilines is 1. The number of para-hydroxylation sites is 2. The zero-order valence-corrected chi connectivity index (χ0v) is 23.4. The van der Waals surface area contributed by atoms with E-state index in [9.17, 15) is 9.18 Å². The molecule has 1 aliphatic heterocycles. The fraction of sp³-hybridized carbons (Fsp3) is 0.207. The molecule has 0 bridgehead atoms. The number of hydrogen-bond acceptors (Lipinski definition) is 8. The van der Waals surface area contributed by atoms with E-state index in [1.165, 1.54) is 29.2 Å². The monoisotopic (exact) mass is 571 g/mol. The summed E-state index contributed by atoms with van der Waals surface area (Å²) in [5.74, 6) is 0.960. The molecule has 5 aromatic rings. The van der Waals surface area contributed by atoms with Gasteiger partial charge in [-0.1, -0.05) is 42.1 Å². The van der Waals surface area contributed by atoms with Crippen LogP contribution in [-0.2, 0) is 5.75 Å². The van der Waals surface area contributed by atoms with Crippen LogP contribution in [0.25, 0.3) is 17.1 Å². The van der Waals surface area contributed by atoms with Crippen molar-refractivity contribution < 1.29 is 9.18 Å². The van der Waals surface area contributed by atoms with Gasteiger partial charge in [-0.05, 0) is 42.8 Å². The number of thiazole rings is 1. The SMILES string of the molecule is Cc1ccccc1-n1c(SCc2nc(C(=O)N3CCN(c4ccccc4F)CC3)cs2)nnc1-c1ccncc1. The number of carbonyl (C=O) groups is 1. The summed E-state index contributed by atoms with van der Waals surface area (Å²) in [4.78, 5) is 25.7. The van der Waals surface area contributed by atoms with Crippen LogP contribution < -0.4 is 4.90 Å². The zero-order chi connectivity index (χ0) is 27.5. The summed E-state index contributed by atoms with van der Waals surface area (Å²) < 4.78 is 16.2. The van der Waals surface area contributed by atoms with E-state index in [0.29, 0.717) is 43.3 Å². The second-order valence-electron chi connectivity index (χ2n) is 9.31. The van der Waals surface area contributed by atoms with Crippen LogP contribution in [0.2, 0.25) is 0 Å². The number of amides is 1. The molecule has 11 heteroatoms. The van der Waals surface area contributed by atoms with Crippen molar-refractivity contribution in [2.45, 2.75) is 17.8 Å². The molecule has 0 saturated carbocycles. The Morgan fingerprint density at radius 3 is 2.42 bits per heavy atom. The van der Waals surface area contributed by atoms with Crippen LogP contribution in [0.5, 0.6) is 0 Å². The van der Waals surface area contributed by atoms with E-state index in [-0.39, 0.29) is 11.7 Å². The van der Waals surface area contributed by atoms with E-state index in [4.69, 9.17) is 0 Å². The number of carbonyl (C=O) groups excluding carboxylic acids is 1. The van der Waals surface area contributed by atoms with Crippen molar-refractivity contribution in [1.82, 2.24) is 29.6 Å². The quantitative estimate of drug-likeness (QED) is 0.239. The first-order valence-corrected chi connectivity index (χ1v) is 14.7. The molecule has 40 heavy (non-hydrogen) atoms. The van der Waals surface area contributed by atoms with Crippen LogP contribution in [0.3, 0.4) is 0 Å². The number of hydrogen-bond donors (Lipinski definition) is 0. The topological polar surface area (TPSA) is 80.0 Å². The molecule has 0 N–H and O–H groups in total. The standard InChI is InChI=1S/C29H26FN7OS2/c1-20-6-2-4-8-24(20)37-27(21-10-12-31-13-11-21)33-34-29(37)40-19-26-32-23(18-39-26)28(38)36-16-14-35(15-17-36)25-9-5-3-7-22(25)30/h2-13,18H,14-17,19H2,1H3. The van der Waals surface area contributed by atoms with Gasteiger partial charge in [-0.2, -0.15) is 0 Å². The van der Waals surface area contributed by atoms with E-state index < -0.39 is 0 Å². The van der Waals surface area contributed by atoms with Gasteiger partial charge in [-0.3, -0.25) is 14.3 Å². The summed E-state index contributed by atoms with van der Waals surface area (Å²) in [6, 6.07) is 18.7. The molecule has 1 amide bonds. The van der Waals surface area contributed by atoms with Crippen LogP contribution >= 0.6 is 23.1 Å². The number of aromatic nitrogens is 5. The maximum atomic E-state index is 14.2. The molecule has 4 heterocycles. The summed E-state index contributed by atoms with van der Waals surface area (Å²) in [6.07, 6.45) is 3.49. The van der Waals surface area contributed by atoms with Gasteiger partial charge in [-0.25, -0.2) is 9.37 Å². The largest absolute Gasteiger partial charge is 0.366 e. The molecule has 0 unspecified atom stereocenters. The van der Waals surface area contributed by atoms with Crippen molar-refractivity contribution in [1.29, 1.82) is 0 Å². The number of rotatable bonds is 7. The van der Waals surface area contributed by atoms with Crippen molar-refractivity contribution in [2.75, 3.05) is 31.1 Å². The Balaban J connectivity index is 1.15. The van der Waals surface area contributed by atoms with E-state index in [2.05, 4.69) is 43.8 Å². The van der Waals surface area contributed by atoms with Gasteiger partial charge in [0.15, 0.2) is 11.0 Å². The van der Waals surface area contributed by atoms with Crippen LogP contribution in [0.1, 0.15) is 21.1 Å². The van der Waals surface area contributed by atoms with Gasteiger partial charge in [0, 0.05) is 49.5 Å². The fourth-order valence-corrected chi connectivity index (χ4v) is 6.44. The van der Waals surface area contributed by atoms with Gasteiger partial charge in [0.25, 0.3) is 5.91 Å². The van der Waals surface area contributed by atoms with Gasteiger partial charge in [0.05, 0.1) is 17.1 Å². The summed E-state index contributed by atoms with van der Waals surface area (Å²) >= 11 is 3.00. The van der Waals surface area contributed by atoms with Gasteiger partial charge >= 0.3 is 0 Å². The van der Waals surface area contributed by atoms with Crippen molar-refractivity contribution in [3.63, 3.8) is 0 Å². The van der Waals surface area contributed by atoms with Gasteiger partial charge in [-0.15, -0.1) is 21.5 Å². The molecule has 0 aliphatic carbocycles. The Morgan fingerprint density at radius 2 is 1.68 bits per heavy atom. The Morgan fingerprint density at radius 1 is 0.950 bits per heavy atom. The molecule has 0 radical (unpaired) electrons. The Hall–Kier alpha value is -4.09. The number of thioether (sulfide) groups is 1. The highest BCUT2D eigenvalue weighted by atomic mass is 32.2. The summed E-state index contributed by atoms with van der Waals surface area (Å²) in [7, 11) is 0. The lowest BCUT2D eigenvalue weighted by Gasteiger charge is -2.35. The van der Waals surface area contributed by atoms with Crippen LogP contribution in [0, 0.1) is 12.7 Å². The Labute approximate surface area is 239 Å². The average molecular weight is 572 g/mol. The highest BCUT2D eigenvalue weighted by Gasteiger charge is 2.25. The number of piperazine rings is 1. The molecule has 3 aromatic heterocycles. The molecule has 6 rings (SSSR count). The molecule has 8 nitrogen and oxygen atoms in total. The van der Waals surface area contributed by atoms with Crippen LogP contribution in [0.4, 0.5) is 10.1 Å². The lowest BCUT2D eigenvalue weighted by atomic mass is 10.2. The first kappa shape index (κ1) is 26.1. The molecule has 0 spiro atoms. The second kappa shape index (κ2) is 11.6. The Bertz CT molecular complexity index is 1630. The molecular formula is C29H26FN7OS2. The molecule has 1 aliphatic rings. The van der Waals surface area contributed by atoms with E-state index in [0.717, 1.165) is 32.8 Å². The highest BCUT2D eigenvalue weighted by molar-refractivity contribution is 7.98. The van der Waals surface area contributed by atoms with Crippen LogP contribution in [0.15, 0.2) is 83.6 Å². The summed E-state index contributed by atoms with van der Waals surface area (Å²) in [6.45, 7) is 4.26. The second-order valence-corrected chi connectivity index (χ2v) is 11.2. The van der Waals surface area contributed by atoms with E-state index in [1.807, 2.05) is 40.6 Å². The molecule has 2 aromatic carbocycles. The number of aryl methyl sites for hydroxylation is 1. The number of benzene rings is 2. The molecular weight excluding hydrogens is 545 g/mol. The fourth-order valence-electron chi connectivity index (χ4n) is 4.71. The van der Waals surface area contributed by atoms with Gasteiger partial charge in [0.1, 0.15) is 16.5 Å². The van der Waals surface area contributed by atoms with Crippen molar-refractivity contribution in [2.24, 2.45) is 0 Å². The molecule has 0 atom stereocenters. The van der Waals surface area contributed by atoms with E-state index in [1.54, 1.807) is 29.4 Å². The maximum absolute atomic E-state index is 14.2. The predicted octanol–water partition coefficient (Wildman–Crippen LogP) is 5.49. The normalized spacial score (nSPS) is 13.6. The smallest absolute Gasteiger partial charge is 0.273 e. The molecule has 1 saturated heterocycles. The minimum atomic E-state index is -0.241. The lowest BCUT2D eigenvalue weighted by molar-refractivity contribution is 0.0741. The number of halogens is 1. The predicted molar refractivity (Wildman–Crippen MR) is 156 cm³/mol. The third-order valence-corrected chi connectivity index (χ3v) is 8.76. The van der Waals surface area contributed by atoms with Crippen LogP contribution in [-0.4, -0.2) is 61.7 Å². The average Bonchev–Trinajstić information content (AvgIpc) is 3.64. The van der Waals surface area contributed by atoms with Gasteiger partial charge < -0.3 is 9.80 Å². The summed E-state index contributed by atoms with van der Waals surface area (Å²) in [5, 5.41) is 12.4. The minimum Gasteiger partial charge on any atom is -0.366 e. The van der Waals surface area contributed by atoms with Crippen molar-refractivity contribution in [3.8, 4) is 17.1 Å². The maximum Gasteiger partial charge on any atom is 0.273 e. The lowest BCUT2D eigenvalue weighted by Crippen LogP contribution is -2.49. The van der Waals surface area contributed by atoms with Gasteiger partial charge in [0.2, 0.25) is 0 Å². The summed E-state index contributed by atoms with van der Waals surface area (Å²) in [5.41, 5.74) is 4.06. The molecule has 202 valence electrons. The number of nitrogens with zero attached hydrogens (tertiary/aromatic N) is 7. The minimum absolute atomic E-state index is 0.0938. The van der Waals surface area contributed by atoms with E-state index >= 15 is 0 Å². The first-order chi connectivity index (χ1) is 19.6. The highest BCUT2D eigenvalue weighted by Crippen LogP contribution is 2.31. The third kappa shape index (κ3) is 5.34. The van der Waals surface area contributed by atoms with Crippen molar-refractivity contribution >= 4 is 34.7 Å². The zero-order valence-electron chi connectivity index (χ0n) is 21.8. The van der Waals surface area contributed by atoms with Crippen molar-refractivity contribution in [3.05, 3.63) is 101 Å². The number of pyridine rings is 1. The Kier molecular flexibility index (Phi) is 7.56.